The summed E-state index contributed by atoms with van der Waals surface area (Å²) in [5.74, 6) is 0.149. The Bertz CT molecular complexity index is 566. The zero-order valence-electron chi connectivity index (χ0n) is 10.4. The molecule has 6 N–H and O–H groups in total. The Kier molecular flexibility index (Phi) is 2.79. The van der Waals surface area contributed by atoms with Crippen LogP contribution in [0.25, 0.3) is 11.1 Å². The van der Waals surface area contributed by atoms with E-state index in [-0.39, 0.29) is 11.5 Å². The average molecular weight is 244 g/mol. The smallest absolute Gasteiger partial charge is 0.123 e. The van der Waals surface area contributed by atoms with Crippen molar-refractivity contribution in [3.05, 3.63) is 35.4 Å². The summed E-state index contributed by atoms with van der Waals surface area (Å²) in [6, 6.07) is 6.29. The fourth-order valence-electron chi connectivity index (χ4n) is 2.06. The van der Waals surface area contributed by atoms with E-state index in [2.05, 4.69) is 0 Å². The van der Waals surface area contributed by atoms with Crippen molar-refractivity contribution in [3.8, 4) is 22.6 Å². The lowest BCUT2D eigenvalue weighted by molar-refractivity contribution is 0.468. The summed E-state index contributed by atoms with van der Waals surface area (Å²) in [6.07, 6.45) is 0. The number of hydrogen-bond donors (Lipinski definition) is 4. The molecule has 0 fully saturated rings. The molecule has 0 aliphatic carbocycles. The molecule has 0 aromatic heterocycles. The summed E-state index contributed by atoms with van der Waals surface area (Å²) in [4.78, 5) is 0. The quantitative estimate of drug-likeness (QED) is 0.458. The molecule has 0 spiro atoms. The largest absolute Gasteiger partial charge is 0.507 e. The van der Waals surface area contributed by atoms with E-state index in [1.54, 1.807) is 26.0 Å². The minimum atomic E-state index is 0.0747. The number of phenolic OH excluding ortho intramolecular Hbond substituents is 2. The van der Waals surface area contributed by atoms with Gasteiger partial charge in [0.1, 0.15) is 11.5 Å². The first-order chi connectivity index (χ1) is 8.43. The molecule has 0 saturated carbocycles. The maximum absolute atomic E-state index is 10.0. The van der Waals surface area contributed by atoms with Crippen LogP contribution in [-0.4, -0.2) is 10.2 Å². The van der Waals surface area contributed by atoms with Gasteiger partial charge in [0.2, 0.25) is 0 Å². The number of hydrogen-bond acceptors (Lipinski definition) is 4. The number of aromatic hydroxyl groups is 2. The van der Waals surface area contributed by atoms with Crippen molar-refractivity contribution in [1.82, 2.24) is 0 Å². The van der Waals surface area contributed by atoms with E-state index in [9.17, 15) is 10.2 Å². The standard InChI is InChI=1S/C14H16N2O2/c1-7-9(15)3-5-11(17)13(7)14-8(2)10(16)4-6-12(14)18/h3-6,17-18H,15-16H2,1-2H3. The second-order valence-electron chi connectivity index (χ2n) is 4.35. The molecule has 4 heteroatoms. The Morgan fingerprint density at radius 1 is 0.722 bits per heavy atom. The summed E-state index contributed by atoms with van der Waals surface area (Å²) in [6.45, 7) is 3.60. The van der Waals surface area contributed by atoms with Crippen molar-refractivity contribution < 1.29 is 10.2 Å². The second-order valence-corrected chi connectivity index (χ2v) is 4.35. The van der Waals surface area contributed by atoms with Crippen molar-refractivity contribution in [2.24, 2.45) is 0 Å². The van der Waals surface area contributed by atoms with Crippen molar-refractivity contribution in [3.63, 3.8) is 0 Å². The van der Waals surface area contributed by atoms with E-state index in [1.165, 1.54) is 12.1 Å². The first kappa shape index (κ1) is 12.1. The molecule has 0 atom stereocenters. The van der Waals surface area contributed by atoms with Crippen molar-refractivity contribution >= 4 is 11.4 Å². The first-order valence-electron chi connectivity index (χ1n) is 5.60. The highest BCUT2D eigenvalue weighted by molar-refractivity contribution is 5.86. The van der Waals surface area contributed by atoms with Gasteiger partial charge in [-0.25, -0.2) is 0 Å². The summed E-state index contributed by atoms with van der Waals surface area (Å²) in [7, 11) is 0. The Morgan fingerprint density at radius 3 is 1.39 bits per heavy atom. The molecular formula is C14H16N2O2. The Hall–Kier alpha value is -2.36. The zero-order valence-corrected chi connectivity index (χ0v) is 10.4. The summed E-state index contributed by atoms with van der Waals surface area (Å²) in [5, 5.41) is 20.0. The number of anilines is 2. The topological polar surface area (TPSA) is 92.5 Å². The van der Waals surface area contributed by atoms with E-state index in [1.807, 2.05) is 0 Å². The second kappa shape index (κ2) is 4.14. The monoisotopic (exact) mass is 244 g/mol. The highest BCUT2D eigenvalue weighted by Crippen LogP contribution is 2.43. The fraction of sp³-hybridized carbons (Fsp3) is 0.143. The van der Waals surface area contributed by atoms with Gasteiger partial charge in [-0.05, 0) is 49.2 Å². The van der Waals surface area contributed by atoms with Gasteiger partial charge in [0, 0.05) is 22.5 Å². The van der Waals surface area contributed by atoms with E-state index in [4.69, 9.17) is 11.5 Å². The van der Waals surface area contributed by atoms with Crippen LogP contribution < -0.4 is 11.5 Å². The van der Waals surface area contributed by atoms with Crippen molar-refractivity contribution in [2.75, 3.05) is 11.5 Å². The van der Waals surface area contributed by atoms with E-state index in [0.717, 1.165) is 11.1 Å². The van der Waals surface area contributed by atoms with Crippen molar-refractivity contribution in [1.29, 1.82) is 0 Å². The van der Waals surface area contributed by atoms with Gasteiger partial charge in [0.15, 0.2) is 0 Å². The number of nitrogens with two attached hydrogens (primary N) is 2. The molecule has 2 rings (SSSR count). The minimum absolute atomic E-state index is 0.0747. The van der Waals surface area contributed by atoms with Gasteiger partial charge in [-0.3, -0.25) is 0 Å². The molecule has 94 valence electrons. The lowest BCUT2D eigenvalue weighted by Crippen LogP contribution is -1.97. The number of phenols is 2. The number of nitrogen functional groups attached to an aromatic ring is 2. The normalized spacial score (nSPS) is 10.6. The fourth-order valence-corrected chi connectivity index (χ4v) is 2.06. The van der Waals surface area contributed by atoms with E-state index in [0.29, 0.717) is 22.5 Å². The molecule has 0 aliphatic rings. The van der Waals surface area contributed by atoms with Crippen LogP contribution in [0.15, 0.2) is 24.3 Å². The molecule has 0 heterocycles. The summed E-state index contributed by atoms with van der Waals surface area (Å²) < 4.78 is 0. The number of rotatable bonds is 1. The SMILES string of the molecule is Cc1c(N)ccc(O)c1-c1c(O)ccc(N)c1C. The van der Waals surface area contributed by atoms with Crippen LogP contribution >= 0.6 is 0 Å². The van der Waals surface area contributed by atoms with Gasteiger partial charge in [-0.1, -0.05) is 0 Å². The molecule has 0 aliphatic heterocycles. The predicted molar refractivity (Wildman–Crippen MR) is 73.5 cm³/mol. The lowest BCUT2D eigenvalue weighted by atomic mass is 9.93. The van der Waals surface area contributed by atoms with Gasteiger partial charge in [-0.2, -0.15) is 0 Å². The molecule has 4 nitrogen and oxygen atoms in total. The maximum Gasteiger partial charge on any atom is 0.123 e. The Balaban J connectivity index is 2.85. The van der Waals surface area contributed by atoms with Crippen LogP contribution in [0.4, 0.5) is 11.4 Å². The molecule has 0 unspecified atom stereocenters. The highest BCUT2D eigenvalue weighted by atomic mass is 16.3. The molecule has 2 aromatic rings. The summed E-state index contributed by atoms with van der Waals surface area (Å²) in [5.41, 5.74) is 15.3. The molecule has 0 saturated heterocycles. The third kappa shape index (κ3) is 1.72. The molecule has 0 radical (unpaired) electrons. The van der Waals surface area contributed by atoms with E-state index >= 15 is 0 Å². The minimum Gasteiger partial charge on any atom is -0.507 e. The molecule has 18 heavy (non-hydrogen) atoms. The first-order valence-corrected chi connectivity index (χ1v) is 5.60. The van der Waals surface area contributed by atoms with Crippen LogP contribution in [0.5, 0.6) is 11.5 Å². The van der Waals surface area contributed by atoms with Crippen molar-refractivity contribution in [2.45, 2.75) is 13.8 Å². The average Bonchev–Trinajstić information content (AvgIpc) is 2.33. The van der Waals surface area contributed by atoms with Gasteiger partial charge >= 0.3 is 0 Å². The third-order valence-electron chi connectivity index (χ3n) is 3.22. The van der Waals surface area contributed by atoms with Crippen LogP contribution in [0.2, 0.25) is 0 Å². The zero-order chi connectivity index (χ0) is 13.4. The van der Waals surface area contributed by atoms with Crippen LogP contribution in [-0.2, 0) is 0 Å². The van der Waals surface area contributed by atoms with Crippen LogP contribution in [0.1, 0.15) is 11.1 Å². The Labute approximate surface area is 105 Å². The molecule has 0 amide bonds. The van der Waals surface area contributed by atoms with Crippen LogP contribution in [0, 0.1) is 13.8 Å². The van der Waals surface area contributed by atoms with E-state index < -0.39 is 0 Å². The predicted octanol–water partition coefficient (Wildman–Crippen LogP) is 2.55. The lowest BCUT2D eigenvalue weighted by Gasteiger charge is -2.16. The molecular weight excluding hydrogens is 228 g/mol. The molecule has 0 bridgehead atoms. The highest BCUT2D eigenvalue weighted by Gasteiger charge is 2.17. The number of benzene rings is 2. The van der Waals surface area contributed by atoms with Gasteiger partial charge in [0.25, 0.3) is 0 Å². The Morgan fingerprint density at radius 2 is 1.06 bits per heavy atom. The maximum atomic E-state index is 10.0. The van der Waals surface area contributed by atoms with Crippen LogP contribution in [0.3, 0.4) is 0 Å². The van der Waals surface area contributed by atoms with Gasteiger partial charge < -0.3 is 21.7 Å². The van der Waals surface area contributed by atoms with Gasteiger partial charge in [0.05, 0.1) is 0 Å². The molecule has 2 aromatic carbocycles. The van der Waals surface area contributed by atoms with Gasteiger partial charge in [-0.15, -0.1) is 0 Å². The summed E-state index contributed by atoms with van der Waals surface area (Å²) >= 11 is 0. The third-order valence-corrected chi connectivity index (χ3v) is 3.22.